The molecule has 24 heavy (non-hydrogen) atoms. The molecule has 5 N–H and O–H groups in total. The van der Waals surface area contributed by atoms with Crippen molar-refractivity contribution in [1.82, 2.24) is 4.90 Å². The van der Waals surface area contributed by atoms with Gasteiger partial charge in [-0.15, -0.1) is 34.8 Å². The number of piperidine rings is 1. The number of nitrogens with zero attached hydrogens (tertiary/aromatic N) is 1. The lowest BCUT2D eigenvalue weighted by atomic mass is 9.74. The van der Waals surface area contributed by atoms with Gasteiger partial charge in [-0.25, -0.2) is 0 Å². The molecule has 6 nitrogen and oxygen atoms in total. The van der Waals surface area contributed by atoms with Gasteiger partial charge >= 0.3 is 0 Å². The number of rotatable bonds is 4. The van der Waals surface area contributed by atoms with Crippen LogP contribution in [0.25, 0.3) is 0 Å². The second-order valence-corrected chi connectivity index (χ2v) is 8.29. The van der Waals surface area contributed by atoms with Gasteiger partial charge in [-0.2, -0.15) is 0 Å². The van der Waals surface area contributed by atoms with E-state index < -0.39 is 35.5 Å². The lowest BCUT2D eigenvalue weighted by Crippen LogP contribution is -2.57. The van der Waals surface area contributed by atoms with Gasteiger partial charge in [-0.05, 0) is 25.2 Å². The van der Waals surface area contributed by atoms with Crippen LogP contribution < -0.4 is 5.73 Å². The van der Waals surface area contributed by atoms with Gasteiger partial charge < -0.3 is 26.0 Å². The number of likely N-dealkylation sites (tertiary alicyclic amines) is 1. The van der Waals surface area contributed by atoms with Gasteiger partial charge in [0.2, 0.25) is 0 Å². The van der Waals surface area contributed by atoms with Gasteiger partial charge in [0, 0.05) is 25.0 Å². The molecule has 2 fully saturated rings. The van der Waals surface area contributed by atoms with Crippen LogP contribution in [0.15, 0.2) is 0 Å². The third-order valence-corrected chi connectivity index (χ3v) is 7.07. The fraction of sp³-hybridized carbons (Fsp3) is 0.933. The average molecular weight is 404 g/mol. The van der Waals surface area contributed by atoms with E-state index in [-0.39, 0.29) is 23.3 Å². The quantitative estimate of drug-likeness (QED) is 0.498. The normalized spacial score (nSPS) is 38.0. The molecule has 1 amide bonds. The Kier molecular flexibility index (Phi) is 7.44. The molecule has 140 valence electrons. The van der Waals surface area contributed by atoms with Crippen LogP contribution >= 0.6 is 34.8 Å². The minimum atomic E-state index is -1.37. The van der Waals surface area contributed by atoms with Crippen LogP contribution in [0.1, 0.15) is 19.3 Å². The molecule has 1 saturated carbocycles. The predicted octanol–water partition coefficient (Wildman–Crippen LogP) is 0.109. The van der Waals surface area contributed by atoms with Crippen molar-refractivity contribution in [2.24, 2.45) is 17.6 Å². The highest BCUT2D eigenvalue weighted by Gasteiger charge is 2.46. The first-order valence-electron chi connectivity index (χ1n) is 8.21. The van der Waals surface area contributed by atoms with Gasteiger partial charge in [-0.3, -0.25) is 4.79 Å². The van der Waals surface area contributed by atoms with Gasteiger partial charge in [0.15, 0.2) is 6.10 Å². The van der Waals surface area contributed by atoms with E-state index in [0.29, 0.717) is 32.4 Å². The third-order valence-electron chi connectivity index (χ3n) is 5.23. The fourth-order valence-corrected chi connectivity index (χ4v) is 4.91. The van der Waals surface area contributed by atoms with E-state index in [1.165, 1.54) is 4.90 Å². The van der Waals surface area contributed by atoms with E-state index >= 15 is 0 Å². The van der Waals surface area contributed by atoms with E-state index in [4.69, 9.17) is 45.6 Å². The van der Waals surface area contributed by atoms with Crippen molar-refractivity contribution in [2.75, 3.05) is 19.7 Å². The average Bonchev–Trinajstić information content (AvgIpc) is 2.58. The first-order chi connectivity index (χ1) is 11.3. The summed E-state index contributed by atoms with van der Waals surface area (Å²) in [6.07, 6.45) is -0.419. The molecule has 0 spiro atoms. The summed E-state index contributed by atoms with van der Waals surface area (Å²) >= 11 is 18.7. The molecule has 9 heteroatoms. The largest absolute Gasteiger partial charge is 0.393 e. The lowest BCUT2D eigenvalue weighted by molar-refractivity contribution is -0.143. The van der Waals surface area contributed by atoms with Crippen LogP contribution in [0.2, 0.25) is 0 Å². The Morgan fingerprint density at radius 3 is 2.33 bits per heavy atom. The number of amides is 1. The van der Waals surface area contributed by atoms with E-state index in [1.807, 2.05) is 0 Å². The predicted molar refractivity (Wildman–Crippen MR) is 93.4 cm³/mol. The Bertz CT molecular complexity index is 437. The molecule has 7 atom stereocenters. The topological polar surface area (TPSA) is 107 Å². The van der Waals surface area contributed by atoms with Gasteiger partial charge in [-0.1, -0.05) is 0 Å². The highest BCUT2D eigenvalue weighted by Crippen LogP contribution is 2.39. The maximum absolute atomic E-state index is 11.9. The highest BCUT2D eigenvalue weighted by molar-refractivity contribution is 6.35. The summed E-state index contributed by atoms with van der Waals surface area (Å²) in [4.78, 5) is 13.4. The zero-order valence-electron chi connectivity index (χ0n) is 13.3. The van der Waals surface area contributed by atoms with Crippen molar-refractivity contribution in [1.29, 1.82) is 0 Å². The van der Waals surface area contributed by atoms with Gasteiger partial charge in [0.1, 0.15) is 0 Å². The summed E-state index contributed by atoms with van der Waals surface area (Å²) in [5.74, 6) is -0.723. The highest BCUT2D eigenvalue weighted by atomic mass is 35.5. The van der Waals surface area contributed by atoms with Crippen LogP contribution in [0.5, 0.6) is 0 Å². The van der Waals surface area contributed by atoms with Crippen molar-refractivity contribution >= 4 is 40.7 Å². The zero-order valence-corrected chi connectivity index (χ0v) is 15.5. The van der Waals surface area contributed by atoms with E-state index in [0.717, 1.165) is 0 Å². The summed E-state index contributed by atoms with van der Waals surface area (Å²) in [5, 5.41) is 27.3. The molecule has 1 aliphatic heterocycles. The minimum Gasteiger partial charge on any atom is -0.393 e. The molecule has 1 aliphatic carbocycles. The summed E-state index contributed by atoms with van der Waals surface area (Å²) in [5.41, 5.74) is 6.38. The van der Waals surface area contributed by atoms with Crippen LogP contribution in [0, 0.1) is 11.8 Å². The number of halogens is 3. The summed E-state index contributed by atoms with van der Waals surface area (Å²) in [6.45, 7) is 0.316. The number of hydrogen-bond acceptors (Lipinski definition) is 5. The maximum atomic E-state index is 11.9. The Labute approximate surface area is 156 Å². The minimum absolute atomic E-state index is 0.0944. The van der Waals surface area contributed by atoms with Crippen molar-refractivity contribution in [3.63, 3.8) is 0 Å². The van der Waals surface area contributed by atoms with Gasteiger partial charge in [0.05, 0.1) is 28.8 Å². The molecule has 0 bridgehead atoms. The van der Waals surface area contributed by atoms with Crippen LogP contribution in [0.3, 0.4) is 0 Å². The van der Waals surface area contributed by atoms with E-state index in [2.05, 4.69) is 0 Å². The maximum Gasteiger partial charge on any atom is 0.253 e. The number of hydrogen-bond donors (Lipinski definition) is 4. The third kappa shape index (κ3) is 4.29. The number of nitrogens with two attached hydrogens (primary N) is 1. The van der Waals surface area contributed by atoms with Crippen LogP contribution in [-0.2, 0) is 4.79 Å². The number of carbonyl (C=O) groups excluding carboxylic acids is 1. The first kappa shape index (κ1) is 20.5. The molecular formula is C15H25Cl3N2O4. The van der Waals surface area contributed by atoms with Crippen molar-refractivity contribution in [3.8, 4) is 0 Å². The molecule has 0 radical (unpaired) electrons. The van der Waals surface area contributed by atoms with E-state index in [1.54, 1.807) is 0 Å². The van der Waals surface area contributed by atoms with Crippen molar-refractivity contribution < 1.29 is 20.1 Å². The summed E-state index contributed by atoms with van der Waals surface area (Å²) in [7, 11) is 0. The number of carbonyl (C=O) groups is 1. The van der Waals surface area contributed by atoms with Crippen LogP contribution in [-0.4, -0.2) is 80.2 Å². The van der Waals surface area contributed by atoms with Crippen LogP contribution in [0.4, 0.5) is 0 Å². The Hall–Kier alpha value is 0.180. The molecule has 0 aromatic heterocycles. The van der Waals surface area contributed by atoms with E-state index in [9.17, 15) is 15.0 Å². The molecule has 5 unspecified atom stereocenters. The second-order valence-electron chi connectivity index (χ2n) is 6.72. The zero-order chi connectivity index (χ0) is 18.0. The monoisotopic (exact) mass is 402 g/mol. The standard InChI is InChI=1S/C15H25Cl3N2O4/c16-8-5-9(22)11(13(18)12(8)17)14(19)7-1-3-20(4-2-7)15(24)10(23)6-21/h7-14,21-23H,1-6,19H2/t8?,9?,10-,11?,12?,13?,14-/m1/s1. The molecule has 1 saturated heterocycles. The second kappa shape index (κ2) is 8.71. The molecule has 2 aliphatic rings. The Morgan fingerprint density at radius 1 is 1.21 bits per heavy atom. The Balaban J connectivity index is 1.95. The number of alkyl halides is 3. The molecule has 0 aromatic rings. The Morgan fingerprint density at radius 2 is 1.79 bits per heavy atom. The number of aliphatic hydroxyl groups excluding tert-OH is 3. The first-order valence-corrected chi connectivity index (χ1v) is 9.52. The summed E-state index contributed by atoms with van der Waals surface area (Å²) in [6, 6.07) is -0.340. The number of aliphatic hydroxyl groups is 3. The molecule has 2 rings (SSSR count). The van der Waals surface area contributed by atoms with Crippen molar-refractivity contribution in [2.45, 2.75) is 53.6 Å². The SMILES string of the molecule is N[C@H](C1CCN(C(=O)[C@H](O)CO)CC1)C1C(O)CC(Cl)C(Cl)C1Cl. The lowest BCUT2D eigenvalue weighted by Gasteiger charge is -2.45. The molecule has 1 heterocycles. The molecule has 0 aromatic carbocycles. The van der Waals surface area contributed by atoms with Gasteiger partial charge in [0.25, 0.3) is 5.91 Å². The summed E-state index contributed by atoms with van der Waals surface area (Å²) < 4.78 is 0. The molecular weight excluding hydrogens is 379 g/mol. The fourth-order valence-electron chi connectivity index (χ4n) is 3.72. The smallest absolute Gasteiger partial charge is 0.253 e. The van der Waals surface area contributed by atoms with Crippen molar-refractivity contribution in [3.05, 3.63) is 0 Å².